The Hall–Kier alpha value is -4.41. The van der Waals surface area contributed by atoms with Gasteiger partial charge in [0.25, 0.3) is 12.3 Å². The maximum Gasteiger partial charge on any atom is 0.257 e. The lowest BCUT2D eigenvalue weighted by Crippen LogP contribution is -2.24. The van der Waals surface area contributed by atoms with Crippen LogP contribution in [0.1, 0.15) is 42.3 Å². The molecule has 0 saturated carbocycles. The van der Waals surface area contributed by atoms with Crippen molar-refractivity contribution >= 4 is 11.4 Å². The van der Waals surface area contributed by atoms with Crippen molar-refractivity contribution in [2.75, 3.05) is 0 Å². The van der Waals surface area contributed by atoms with E-state index < -0.39 is 13.0 Å². The van der Waals surface area contributed by atoms with Crippen LogP contribution in [0.15, 0.2) is 61.6 Å². The molecule has 0 aliphatic rings. The Morgan fingerprint density at radius 2 is 1.82 bits per heavy atom. The zero-order chi connectivity index (χ0) is 27.0. The van der Waals surface area contributed by atoms with Gasteiger partial charge in [0, 0.05) is 41.8 Å². The average molecular weight is 519 g/mol. The largest absolute Gasteiger partial charge is 0.348 e. The van der Waals surface area contributed by atoms with Crippen LogP contribution in [0.3, 0.4) is 0 Å². The van der Waals surface area contributed by atoms with Crippen LogP contribution in [0.4, 0.5) is 8.78 Å². The molecule has 0 aliphatic heterocycles. The second-order valence-corrected chi connectivity index (χ2v) is 10.2. The Morgan fingerprint density at radius 3 is 2.53 bits per heavy atom. The third kappa shape index (κ3) is 5.17. The minimum Gasteiger partial charge on any atom is -0.348 e. The van der Waals surface area contributed by atoms with Gasteiger partial charge in [0.15, 0.2) is 0 Å². The fraction of sp³-hybridized carbons (Fsp3) is 0.296. The van der Waals surface area contributed by atoms with Gasteiger partial charge in [-0.25, -0.2) is 18.3 Å². The summed E-state index contributed by atoms with van der Waals surface area (Å²) < 4.78 is 30.1. The van der Waals surface area contributed by atoms with Gasteiger partial charge in [0.1, 0.15) is 12.9 Å². The fourth-order valence-electron chi connectivity index (χ4n) is 4.19. The van der Waals surface area contributed by atoms with Crippen molar-refractivity contribution in [1.29, 1.82) is 0 Å². The zero-order valence-corrected chi connectivity index (χ0v) is 21.6. The first-order valence-electron chi connectivity index (χ1n) is 12.2. The number of amides is 1. The molecule has 1 aromatic carbocycles. The Morgan fingerprint density at radius 1 is 1.00 bits per heavy atom. The molecule has 1 N–H and O–H groups in total. The maximum atomic E-state index is 12.7. The molecule has 0 radical (unpaired) electrons. The highest BCUT2D eigenvalue weighted by molar-refractivity contribution is 5.93. The minimum absolute atomic E-state index is 0.181. The molecule has 0 spiro atoms. The molecule has 0 unspecified atom stereocenters. The van der Waals surface area contributed by atoms with Gasteiger partial charge in [-0.15, -0.1) is 0 Å². The lowest BCUT2D eigenvalue weighted by molar-refractivity contribution is 0.0950. The molecule has 9 nitrogen and oxygen atoms in total. The summed E-state index contributed by atoms with van der Waals surface area (Å²) in [6.07, 6.45) is 7.31. The molecule has 1 amide bonds. The van der Waals surface area contributed by atoms with Gasteiger partial charge >= 0.3 is 0 Å². The number of aryl methyl sites for hydroxylation is 1. The number of alkyl halides is 2. The van der Waals surface area contributed by atoms with E-state index in [0.29, 0.717) is 12.1 Å². The van der Waals surface area contributed by atoms with Crippen molar-refractivity contribution in [1.82, 2.24) is 39.5 Å². The van der Waals surface area contributed by atoms with E-state index in [2.05, 4.69) is 25.6 Å². The first kappa shape index (κ1) is 25.2. The maximum absolute atomic E-state index is 12.7. The quantitative estimate of drug-likeness (QED) is 0.337. The SMILES string of the molecule is Cc1cc(-c2ncnn3cc(-c4cnn(CC(F)F)c4)cc23)ccc1CNC(=O)c1cnn(C(C)(C)C)c1. The summed E-state index contributed by atoms with van der Waals surface area (Å²) in [4.78, 5) is 17.2. The Labute approximate surface area is 218 Å². The smallest absolute Gasteiger partial charge is 0.257 e. The van der Waals surface area contributed by atoms with Crippen LogP contribution in [-0.4, -0.2) is 46.5 Å². The van der Waals surface area contributed by atoms with E-state index in [1.807, 2.05) is 58.2 Å². The molecule has 0 saturated heterocycles. The molecule has 0 atom stereocenters. The van der Waals surface area contributed by atoms with Crippen molar-refractivity contribution in [3.05, 3.63) is 78.3 Å². The summed E-state index contributed by atoms with van der Waals surface area (Å²) in [5, 5.41) is 15.6. The second-order valence-electron chi connectivity index (χ2n) is 10.2. The number of halogens is 2. The van der Waals surface area contributed by atoms with E-state index in [0.717, 1.165) is 39.0 Å². The number of hydrogen-bond donors (Lipinski definition) is 1. The van der Waals surface area contributed by atoms with Crippen LogP contribution < -0.4 is 5.32 Å². The Kier molecular flexibility index (Phi) is 6.52. The number of carbonyl (C=O) groups excluding carboxylic acids is 1. The van der Waals surface area contributed by atoms with E-state index in [4.69, 9.17) is 0 Å². The molecule has 4 heterocycles. The standard InChI is InChI=1S/C27H28F2N8O/c1-17-7-18(5-6-19(17)9-30-26(38)22-11-33-37(14-22)27(2,3)4)25-23-8-20(13-36(23)34-16-31-25)21-10-32-35(12-21)15-24(28)29/h5-8,10-14,16,24H,9,15H2,1-4H3,(H,30,38). The van der Waals surface area contributed by atoms with Crippen LogP contribution in [0.2, 0.25) is 0 Å². The monoisotopic (exact) mass is 518 g/mol. The molecule has 4 aromatic heterocycles. The summed E-state index contributed by atoms with van der Waals surface area (Å²) in [7, 11) is 0. The van der Waals surface area contributed by atoms with Crippen molar-refractivity contribution in [3.63, 3.8) is 0 Å². The minimum atomic E-state index is -2.47. The summed E-state index contributed by atoms with van der Waals surface area (Å²) in [6.45, 7) is 7.99. The van der Waals surface area contributed by atoms with E-state index in [1.165, 1.54) is 11.0 Å². The van der Waals surface area contributed by atoms with E-state index in [9.17, 15) is 13.6 Å². The topological polar surface area (TPSA) is 94.9 Å². The molecule has 196 valence electrons. The number of carbonyl (C=O) groups is 1. The Balaban J connectivity index is 1.34. The van der Waals surface area contributed by atoms with Crippen LogP contribution in [-0.2, 0) is 18.6 Å². The van der Waals surface area contributed by atoms with Crippen LogP contribution in [0.5, 0.6) is 0 Å². The highest BCUT2D eigenvalue weighted by atomic mass is 19.3. The first-order chi connectivity index (χ1) is 18.1. The Bertz CT molecular complexity index is 1610. The van der Waals surface area contributed by atoms with Gasteiger partial charge < -0.3 is 5.32 Å². The van der Waals surface area contributed by atoms with Crippen LogP contribution >= 0.6 is 0 Å². The molecule has 11 heteroatoms. The molecule has 0 aliphatic carbocycles. The number of nitrogens with one attached hydrogen (secondary N) is 1. The average Bonchev–Trinajstić information content (AvgIpc) is 3.61. The predicted octanol–water partition coefficient (Wildman–Crippen LogP) is 4.71. The van der Waals surface area contributed by atoms with Crippen molar-refractivity contribution in [2.24, 2.45) is 0 Å². The molecule has 0 bridgehead atoms. The van der Waals surface area contributed by atoms with Crippen LogP contribution in [0, 0.1) is 6.92 Å². The van der Waals surface area contributed by atoms with Gasteiger partial charge in [0.05, 0.1) is 34.7 Å². The number of benzene rings is 1. The highest BCUT2D eigenvalue weighted by Crippen LogP contribution is 2.29. The zero-order valence-electron chi connectivity index (χ0n) is 21.6. The molecule has 0 fully saturated rings. The molecule has 5 rings (SSSR count). The summed E-state index contributed by atoms with van der Waals surface area (Å²) in [5.41, 5.74) is 6.24. The number of rotatable bonds is 7. The fourth-order valence-corrected chi connectivity index (χ4v) is 4.19. The number of hydrogen-bond acceptors (Lipinski definition) is 5. The number of nitrogens with zero attached hydrogens (tertiary/aromatic N) is 7. The normalized spacial score (nSPS) is 12.0. The van der Waals surface area contributed by atoms with E-state index >= 15 is 0 Å². The third-order valence-corrected chi connectivity index (χ3v) is 6.29. The van der Waals surface area contributed by atoms with Gasteiger partial charge in [-0.2, -0.15) is 15.3 Å². The number of fused-ring (bicyclic) bond motifs is 1. The van der Waals surface area contributed by atoms with Crippen LogP contribution in [0.25, 0.3) is 27.9 Å². The molecular weight excluding hydrogens is 490 g/mol. The van der Waals surface area contributed by atoms with Gasteiger partial charge in [-0.05, 0) is 51.0 Å². The molecule has 38 heavy (non-hydrogen) atoms. The van der Waals surface area contributed by atoms with Crippen molar-refractivity contribution in [3.8, 4) is 22.4 Å². The summed E-state index contributed by atoms with van der Waals surface area (Å²) >= 11 is 0. The molecular formula is C27H28F2N8O. The third-order valence-electron chi connectivity index (χ3n) is 6.29. The molecule has 5 aromatic rings. The van der Waals surface area contributed by atoms with Gasteiger partial charge in [-0.1, -0.05) is 12.1 Å². The van der Waals surface area contributed by atoms with Gasteiger partial charge in [-0.3, -0.25) is 14.2 Å². The van der Waals surface area contributed by atoms with E-state index in [1.54, 1.807) is 34.0 Å². The lowest BCUT2D eigenvalue weighted by atomic mass is 10.0. The predicted molar refractivity (Wildman–Crippen MR) is 139 cm³/mol. The first-order valence-corrected chi connectivity index (χ1v) is 12.2. The van der Waals surface area contributed by atoms with Crippen molar-refractivity contribution in [2.45, 2.75) is 52.7 Å². The summed E-state index contributed by atoms with van der Waals surface area (Å²) in [5.74, 6) is -0.181. The number of aromatic nitrogens is 7. The van der Waals surface area contributed by atoms with E-state index in [-0.39, 0.29) is 11.4 Å². The van der Waals surface area contributed by atoms with Crippen molar-refractivity contribution < 1.29 is 13.6 Å². The summed E-state index contributed by atoms with van der Waals surface area (Å²) in [6, 6.07) is 7.87. The van der Waals surface area contributed by atoms with Gasteiger partial charge in [0.2, 0.25) is 0 Å². The highest BCUT2D eigenvalue weighted by Gasteiger charge is 2.17. The lowest BCUT2D eigenvalue weighted by Gasteiger charge is -2.18. The second kappa shape index (κ2) is 9.81.